The number of hydrogen-bond acceptors (Lipinski definition) is 4. The number of para-hydroxylation sites is 1. The maximum absolute atomic E-state index is 12.1. The summed E-state index contributed by atoms with van der Waals surface area (Å²) in [4.78, 5) is 35.6. The first kappa shape index (κ1) is 14.4. The largest absolute Gasteiger partial charge is 0.480 e. The monoisotopic (exact) mass is 316 g/mol. The minimum absolute atomic E-state index is 0.239. The molecule has 1 N–H and O–H groups in total. The first-order valence-corrected chi connectivity index (χ1v) is 7.30. The van der Waals surface area contributed by atoms with Crippen LogP contribution in [-0.2, 0) is 16.6 Å². The van der Waals surface area contributed by atoms with E-state index in [1.807, 2.05) is 42.1 Å². The van der Waals surface area contributed by atoms with Gasteiger partial charge >= 0.3 is 5.97 Å². The smallest absolute Gasteiger partial charge is 0.323 e. The molecular weight excluding hydrogens is 304 g/mol. The molecule has 2 heterocycles. The van der Waals surface area contributed by atoms with Crippen molar-refractivity contribution >= 4 is 45.9 Å². The van der Waals surface area contributed by atoms with E-state index in [0.717, 1.165) is 33.1 Å². The third-order valence-corrected chi connectivity index (χ3v) is 4.29. The van der Waals surface area contributed by atoms with E-state index in [2.05, 4.69) is 0 Å². The normalized spacial score (nSPS) is 17.0. The second-order valence-electron chi connectivity index (χ2n) is 4.87. The number of carboxylic acid groups (broad SMARTS) is 1. The van der Waals surface area contributed by atoms with Crippen LogP contribution in [-0.4, -0.2) is 38.2 Å². The van der Waals surface area contributed by atoms with Crippen LogP contribution in [0.3, 0.4) is 0 Å². The number of aromatic nitrogens is 1. The number of aliphatic carboxylic acids is 1. The number of aryl methyl sites for hydroxylation is 1. The topological polar surface area (TPSA) is 79.6 Å². The minimum Gasteiger partial charge on any atom is -0.480 e. The van der Waals surface area contributed by atoms with Gasteiger partial charge < -0.3 is 9.67 Å². The molecular formula is C15H12N2O4S. The van der Waals surface area contributed by atoms with E-state index >= 15 is 0 Å². The Morgan fingerprint density at radius 1 is 1.32 bits per heavy atom. The summed E-state index contributed by atoms with van der Waals surface area (Å²) in [6.07, 6.45) is 3.50. The number of carboxylic acids is 1. The maximum Gasteiger partial charge on any atom is 0.323 e. The zero-order valence-corrected chi connectivity index (χ0v) is 12.5. The highest BCUT2D eigenvalue weighted by Gasteiger charge is 2.36. The van der Waals surface area contributed by atoms with Gasteiger partial charge in [-0.2, -0.15) is 0 Å². The van der Waals surface area contributed by atoms with Crippen molar-refractivity contribution in [2.24, 2.45) is 7.05 Å². The molecule has 2 amide bonds. The van der Waals surface area contributed by atoms with E-state index in [-0.39, 0.29) is 4.91 Å². The van der Waals surface area contributed by atoms with E-state index in [1.165, 1.54) is 0 Å². The van der Waals surface area contributed by atoms with Crippen LogP contribution < -0.4 is 0 Å². The van der Waals surface area contributed by atoms with Gasteiger partial charge in [-0.1, -0.05) is 18.2 Å². The highest BCUT2D eigenvalue weighted by atomic mass is 32.2. The summed E-state index contributed by atoms with van der Waals surface area (Å²) in [5.41, 5.74) is 1.83. The van der Waals surface area contributed by atoms with Gasteiger partial charge in [-0.05, 0) is 23.9 Å². The lowest BCUT2D eigenvalue weighted by atomic mass is 10.1. The van der Waals surface area contributed by atoms with Gasteiger partial charge in [0, 0.05) is 29.7 Å². The second kappa shape index (κ2) is 5.34. The Morgan fingerprint density at radius 2 is 2.05 bits per heavy atom. The third-order valence-electron chi connectivity index (χ3n) is 3.38. The average Bonchev–Trinajstić information content (AvgIpc) is 2.92. The highest BCUT2D eigenvalue weighted by molar-refractivity contribution is 8.18. The van der Waals surface area contributed by atoms with Crippen LogP contribution in [0, 0.1) is 0 Å². The van der Waals surface area contributed by atoms with Crippen molar-refractivity contribution < 1.29 is 19.5 Å². The molecule has 0 spiro atoms. The molecule has 0 unspecified atom stereocenters. The molecule has 0 atom stereocenters. The van der Waals surface area contributed by atoms with Crippen LogP contribution >= 0.6 is 11.8 Å². The SMILES string of the molecule is Cn1cc(/C=C2\SC(=O)N(CC(=O)O)C2=O)c2ccccc21. The lowest BCUT2D eigenvalue weighted by molar-refractivity contribution is -0.140. The summed E-state index contributed by atoms with van der Waals surface area (Å²) in [7, 11) is 1.90. The molecule has 1 aromatic heterocycles. The molecule has 1 fully saturated rings. The van der Waals surface area contributed by atoms with Crippen LogP contribution in [0.15, 0.2) is 35.4 Å². The number of amides is 2. The Morgan fingerprint density at radius 3 is 2.77 bits per heavy atom. The number of fused-ring (bicyclic) bond motifs is 1. The van der Waals surface area contributed by atoms with Crippen molar-refractivity contribution in [1.29, 1.82) is 0 Å². The van der Waals surface area contributed by atoms with E-state index < -0.39 is 23.7 Å². The van der Waals surface area contributed by atoms with Crippen molar-refractivity contribution in [2.45, 2.75) is 0 Å². The third kappa shape index (κ3) is 2.39. The van der Waals surface area contributed by atoms with Gasteiger partial charge in [0.05, 0.1) is 4.91 Å². The fourth-order valence-corrected chi connectivity index (χ4v) is 3.23. The lowest BCUT2D eigenvalue weighted by Gasteiger charge is -2.07. The fraction of sp³-hybridized carbons (Fsp3) is 0.133. The molecule has 0 saturated carbocycles. The number of thioether (sulfide) groups is 1. The standard InChI is InChI=1S/C15H12N2O4S/c1-16-7-9(10-4-2-3-5-11(10)16)6-12-14(20)17(8-13(18)19)15(21)22-12/h2-7H,8H2,1H3,(H,18,19)/b12-6-. The summed E-state index contributed by atoms with van der Waals surface area (Å²) in [5.74, 6) is -1.78. The van der Waals surface area contributed by atoms with Gasteiger partial charge in [-0.25, -0.2) is 0 Å². The molecule has 0 aliphatic carbocycles. The van der Waals surface area contributed by atoms with Crippen molar-refractivity contribution in [1.82, 2.24) is 9.47 Å². The maximum atomic E-state index is 12.1. The van der Waals surface area contributed by atoms with Crippen LogP contribution in [0.4, 0.5) is 4.79 Å². The molecule has 1 aliphatic rings. The Hall–Kier alpha value is -2.54. The van der Waals surface area contributed by atoms with Gasteiger partial charge in [-0.3, -0.25) is 19.3 Å². The van der Waals surface area contributed by atoms with Crippen molar-refractivity contribution in [3.8, 4) is 0 Å². The Labute approximate surface area is 130 Å². The predicted octanol–water partition coefficient (Wildman–Crippen LogP) is 2.30. The zero-order valence-electron chi connectivity index (χ0n) is 11.6. The van der Waals surface area contributed by atoms with Gasteiger partial charge in [-0.15, -0.1) is 0 Å². The molecule has 112 valence electrons. The quantitative estimate of drug-likeness (QED) is 0.879. The lowest BCUT2D eigenvalue weighted by Crippen LogP contribution is -2.33. The molecule has 2 aromatic rings. The summed E-state index contributed by atoms with van der Waals surface area (Å²) < 4.78 is 1.93. The van der Waals surface area contributed by atoms with E-state index in [4.69, 9.17) is 5.11 Å². The summed E-state index contributed by atoms with van der Waals surface area (Å²) in [6, 6.07) is 7.72. The minimum atomic E-state index is -1.21. The number of imide groups is 1. The molecule has 1 aromatic carbocycles. The number of nitrogens with zero attached hydrogens (tertiary/aromatic N) is 2. The molecule has 6 nitrogen and oxygen atoms in total. The molecule has 1 aliphatic heterocycles. The van der Waals surface area contributed by atoms with E-state index in [1.54, 1.807) is 6.08 Å². The molecule has 22 heavy (non-hydrogen) atoms. The van der Waals surface area contributed by atoms with E-state index in [0.29, 0.717) is 0 Å². The number of rotatable bonds is 3. The molecule has 0 radical (unpaired) electrons. The first-order valence-electron chi connectivity index (χ1n) is 6.48. The Balaban J connectivity index is 2.00. The second-order valence-corrected chi connectivity index (χ2v) is 5.87. The van der Waals surface area contributed by atoms with Gasteiger partial charge in [0.2, 0.25) is 0 Å². The predicted molar refractivity (Wildman–Crippen MR) is 83.2 cm³/mol. The average molecular weight is 316 g/mol. The van der Waals surface area contributed by atoms with Gasteiger partial charge in [0.15, 0.2) is 0 Å². The van der Waals surface area contributed by atoms with Crippen molar-refractivity contribution in [2.75, 3.05) is 6.54 Å². The molecule has 0 bridgehead atoms. The fourth-order valence-electron chi connectivity index (χ4n) is 2.40. The van der Waals surface area contributed by atoms with Gasteiger partial charge in [0.1, 0.15) is 6.54 Å². The number of benzene rings is 1. The summed E-state index contributed by atoms with van der Waals surface area (Å²) >= 11 is 0.762. The molecule has 1 saturated heterocycles. The van der Waals surface area contributed by atoms with E-state index in [9.17, 15) is 14.4 Å². The Bertz CT molecular complexity index is 837. The summed E-state index contributed by atoms with van der Waals surface area (Å²) in [5, 5.41) is 9.16. The highest BCUT2D eigenvalue weighted by Crippen LogP contribution is 2.33. The molecule has 7 heteroatoms. The number of hydrogen-bond donors (Lipinski definition) is 1. The number of carbonyl (C=O) groups excluding carboxylic acids is 2. The molecule has 3 rings (SSSR count). The van der Waals surface area contributed by atoms with Gasteiger partial charge in [0.25, 0.3) is 11.1 Å². The van der Waals surface area contributed by atoms with Crippen molar-refractivity contribution in [3.63, 3.8) is 0 Å². The van der Waals surface area contributed by atoms with Crippen LogP contribution in [0.1, 0.15) is 5.56 Å². The van der Waals surface area contributed by atoms with Crippen LogP contribution in [0.2, 0.25) is 0 Å². The van der Waals surface area contributed by atoms with Crippen molar-refractivity contribution in [3.05, 3.63) is 40.9 Å². The Kier molecular flexibility index (Phi) is 3.50. The number of carbonyl (C=O) groups is 3. The summed E-state index contributed by atoms with van der Waals surface area (Å²) in [6.45, 7) is -0.614. The zero-order chi connectivity index (χ0) is 15.9. The van der Waals surface area contributed by atoms with Crippen LogP contribution in [0.5, 0.6) is 0 Å². The first-order chi connectivity index (χ1) is 10.5. The van der Waals surface area contributed by atoms with Crippen LogP contribution in [0.25, 0.3) is 17.0 Å².